The summed E-state index contributed by atoms with van der Waals surface area (Å²) >= 11 is 0. The second-order valence-electron chi connectivity index (χ2n) is 3.16. The Hall–Kier alpha value is -1.23. The Bertz CT molecular complexity index is 392. The minimum atomic E-state index is -1.48. The molecule has 0 heterocycles. The Morgan fingerprint density at radius 1 is 1.60 bits per heavy atom. The Morgan fingerprint density at radius 2 is 2.27 bits per heavy atom. The van der Waals surface area contributed by atoms with Gasteiger partial charge in [0.25, 0.3) is 0 Å². The lowest BCUT2D eigenvalue weighted by atomic mass is 10.3. The first-order valence-electron chi connectivity index (χ1n) is 4.38. The van der Waals surface area contributed by atoms with E-state index < -0.39 is 27.8 Å². The number of halogens is 1. The van der Waals surface area contributed by atoms with Crippen molar-refractivity contribution >= 4 is 16.8 Å². The van der Waals surface area contributed by atoms with Crippen molar-refractivity contribution in [3.05, 3.63) is 30.1 Å². The fraction of sp³-hybridized carbons (Fsp3) is 0.300. The van der Waals surface area contributed by atoms with E-state index in [4.69, 9.17) is 5.11 Å². The van der Waals surface area contributed by atoms with Crippen molar-refractivity contribution in [1.82, 2.24) is 0 Å². The van der Waals surface area contributed by atoms with Crippen LogP contribution in [0.25, 0.3) is 0 Å². The summed E-state index contributed by atoms with van der Waals surface area (Å²) in [5.41, 5.74) is 0. The normalized spacial score (nSPS) is 14.5. The first kappa shape index (κ1) is 11.8. The van der Waals surface area contributed by atoms with Gasteiger partial charge < -0.3 is 5.11 Å². The van der Waals surface area contributed by atoms with Crippen molar-refractivity contribution in [2.45, 2.75) is 23.5 Å². The topological polar surface area (TPSA) is 54.4 Å². The largest absolute Gasteiger partial charge is 0.481 e. The van der Waals surface area contributed by atoms with Gasteiger partial charge in [-0.3, -0.25) is 9.00 Å². The molecule has 0 aliphatic heterocycles. The molecule has 0 aromatic heterocycles. The van der Waals surface area contributed by atoms with Gasteiger partial charge in [0.15, 0.2) is 0 Å². The smallest absolute Gasteiger partial charge is 0.304 e. The summed E-state index contributed by atoms with van der Waals surface area (Å²) in [5.74, 6) is -1.48. The van der Waals surface area contributed by atoms with Gasteiger partial charge in [-0.05, 0) is 25.1 Å². The van der Waals surface area contributed by atoms with Crippen LogP contribution in [0, 0.1) is 5.82 Å². The van der Waals surface area contributed by atoms with Crippen LogP contribution in [0.15, 0.2) is 29.2 Å². The van der Waals surface area contributed by atoms with Gasteiger partial charge in [0.1, 0.15) is 5.82 Å². The van der Waals surface area contributed by atoms with Crippen molar-refractivity contribution in [3.63, 3.8) is 0 Å². The van der Waals surface area contributed by atoms with Crippen LogP contribution in [0.3, 0.4) is 0 Å². The molecule has 0 aliphatic rings. The molecule has 0 spiro atoms. The first-order valence-corrected chi connectivity index (χ1v) is 5.60. The van der Waals surface area contributed by atoms with Gasteiger partial charge in [-0.15, -0.1) is 0 Å². The molecule has 0 saturated carbocycles. The van der Waals surface area contributed by atoms with Gasteiger partial charge >= 0.3 is 5.97 Å². The van der Waals surface area contributed by atoms with Crippen LogP contribution >= 0.6 is 0 Å². The molecule has 1 aromatic carbocycles. The van der Waals surface area contributed by atoms with E-state index in [9.17, 15) is 13.4 Å². The summed E-state index contributed by atoms with van der Waals surface area (Å²) in [6.07, 6.45) is -0.191. The molecule has 0 fully saturated rings. The molecule has 0 bridgehead atoms. The van der Waals surface area contributed by atoms with Crippen LogP contribution in [-0.2, 0) is 15.6 Å². The third-order valence-corrected chi connectivity index (χ3v) is 3.47. The van der Waals surface area contributed by atoms with Crippen LogP contribution in [-0.4, -0.2) is 20.5 Å². The molecule has 2 atom stereocenters. The maximum Gasteiger partial charge on any atom is 0.304 e. The summed E-state index contributed by atoms with van der Waals surface area (Å²) in [4.78, 5) is 10.7. The van der Waals surface area contributed by atoms with Gasteiger partial charge in [-0.25, -0.2) is 4.39 Å². The minimum absolute atomic E-state index is 0.191. The maximum absolute atomic E-state index is 12.8. The van der Waals surface area contributed by atoms with Crippen molar-refractivity contribution in [2.24, 2.45) is 0 Å². The van der Waals surface area contributed by atoms with E-state index >= 15 is 0 Å². The van der Waals surface area contributed by atoms with E-state index in [0.717, 1.165) is 6.07 Å². The average Bonchev–Trinajstić information content (AvgIpc) is 2.15. The van der Waals surface area contributed by atoms with Crippen molar-refractivity contribution in [1.29, 1.82) is 0 Å². The molecule has 1 aromatic rings. The number of aliphatic carboxylic acids is 1. The molecule has 0 radical (unpaired) electrons. The second-order valence-corrected chi connectivity index (χ2v) is 5.03. The average molecular weight is 230 g/mol. The molecule has 82 valence electrons. The fourth-order valence-electron chi connectivity index (χ4n) is 1.15. The number of carboxylic acids is 1. The van der Waals surface area contributed by atoms with Gasteiger partial charge in [0, 0.05) is 10.1 Å². The molecule has 0 amide bonds. The number of carboxylic acid groups (broad SMARTS) is 1. The summed E-state index contributed by atoms with van der Waals surface area (Å²) in [6, 6.07) is 5.39. The standard InChI is InChI=1S/C10H11FO3S/c1-7(5-10(12)13)15(14)9-4-2-3-8(11)6-9/h2-4,6-7H,5H2,1H3,(H,12,13). The molecule has 1 rings (SSSR count). The number of hydrogen-bond donors (Lipinski definition) is 1. The van der Waals surface area contributed by atoms with Gasteiger partial charge in [0.05, 0.1) is 17.2 Å². The van der Waals surface area contributed by atoms with E-state index in [1.807, 2.05) is 0 Å². The lowest BCUT2D eigenvalue weighted by Gasteiger charge is -2.08. The van der Waals surface area contributed by atoms with E-state index in [2.05, 4.69) is 0 Å². The Labute approximate surface area is 89.4 Å². The molecule has 2 unspecified atom stereocenters. The summed E-state index contributed by atoms with van der Waals surface area (Å²) in [5, 5.41) is 8.00. The van der Waals surface area contributed by atoms with Crippen LogP contribution in [0.1, 0.15) is 13.3 Å². The summed E-state index contributed by atoms with van der Waals surface area (Å²) in [6.45, 7) is 1.56. The van der Waals surface area contributed by atoms with Gasteiger partial charge in [-0.2, -0.15) is 0 Å². The van der Waals surface area contributed by atoms with Crippen LogP contribution < -0.4 is 0 Å². The second kappa shape index (κ2) is 5.02. The predicted molar refractivity (Wildman–Crippen MR) is 54.5 cm³/mol. The van der Waals surface area contributed by atoms with Crippen molar-refractivity contribution in [3.8, 4) is 0 Å². The Morgan fingerprint density at radius 3 is 2.80 bits per heavy atom. The zero-order valence-corrected chi connectivity index (χ0v) is 8.96. The Kier molecular flexibility index (Phi) is 3.96. The molecule has 3 nitrogen and oxygen atoms in total. The Balaban J connectivity index is 2.80. The molecular formula is C10H11FO3S. The third kappa shape index (κ3) is 3.43. The highest BCUT2D eigenvalue weighted by Gasteiger charge is 2.16. The van der Waals surface area contributed by atoms with Crippen molar-refractivity contribution in [2.75, 3.05) is 0 Å². The zero-order chi connectivity index (χ0) is 11.4. The van der Waals surface area contributed by atoms with E-state index in [1.54, 1.807) is 6.92 Å². The highest BCUT2D eigenvalue weighted by atomic mass is 32.2. The lowest BCUT2D eigenvalue weighted by Crippen LogP contribution is -2.15. The predicted octanol–water partition coefficient (Wildman–Crippen LogP) is 1.80. The zero-order valence-electron chi connectivity index (χ0n) is 8.14. The maximum atomic E-state index is 12.8. The molecule has 1 N–H and O–H groups in total. The van der Waals surface area contributed by atoms with Gasteiger partial charge in [-0.1, -0.05) is 6.07 Å². The van der Waals surface area contributed by atoms with Crippen LogP contribution in [0.2, 0.25) is 0 Å². The highest BCUT2D eigenvalue weighted by Crippen LogP contribution is 2.14. The highest BCUT2D eigenvalue weighted by molar-refractivity contribution is 7.85. The van der Waals surface area contributed by atoms with Crippen molar-refractivity contribution < 1.29 is 18.5 Å². The molecule has 5 heteroatoms. The van der Waals surface area contributed by atoms with Gasteiger partial charge in [0.2, 0.25) is 0 Å². The molecule has 15 heavy (non-hydrogen) atoms. The number of hydrogen-bond acceptors (Lipinski definition) is 2. The fourth-order valence-corrected chi connectivity index (χ4v) is 2.35. The van der Waals surface area contributed by atoms with E-state index in [-0.39, 0.29) is 6.42 Å². The number of carbonyl (C=O) groups is 1. The molecule has 0 saturated heterocycles. The number of benzene rings is 1. The minimum Gasteiger partial charge on any atom is -0.481 e. The third-order valence-electron chi connectivity index (χ3n) is 1.86. The number of rotatable bonds is 4. The summed E-state index contributed by atoms with van der Waals surface area (Å²) < 4.78 is 24.5. The molecular weight excluding hydrogens is 219 g/mol. The van der Waals surface area contributed by atoms with Crippen LogP contribution in [0.5, 0.6) is 0 Å². The van der Waals surface area contributed by atoms with Crippen LogP contribution in [0.4, 0.5) is 4.39 Å². The first-order chi connectivity index (χ1) is 7.00. The molecule has 0 aliphatic carbocycles. The summed E-state index contributed by atoms with van der Waals surface area (Å²) in [7, 11) is -1.48. The lowest BCUT2D eigenvalue weighted by molar-refractivity contribution is -0.136. The SMILES string of the molecule is CC(CC(=O)O)S(=O)c1cccc(F)c1. The quantitative estimate of drug-likeness (QED) is 0.858. The van der Waals surface area contributed by atoms with E-state index in [1.165, 1.54) is 18.2 Å². The monoisotopic (exact) mass is 230 g/mol. The van der Waals surface area contributed by atoms with E-state index in [0.29, 0.717) is 4.90 Å².